The molecule has 2 N–H and O–H groups in total. The van der Waals surface area contributed by atoms with Crippen LogP contribution in [0.5, 0.6) is 0 Å². The number of carbonyl (C=O) groups is 2. The van der Waals surface area contributed by atoms with Crippen LogP contribution < -0.4 is 5.32 Å². The van der Waals surface area contributed by atoms with Gasteiger partial charge in [0.1, 0.15) is 0 Å². The highest BCUT2D eigenvalue weighted by Gasteiger charge is 2.33. The monoisotopic (exact) mass is 330 g/mol. The first-order valence-corrected chi connectivity index (χ1v) is 8.91. The number of benzene rings is 1. The van der Waals surface area contributed by atoms with E-state index in [-0.39, 0.29) is 24.0 Å². The maximum absolute atomic E-state index is 12.7. The van der Waals surface area contributed by atoms with Gasteiger partial charge in [0, 0.05) is 12.6 Å². The fraction of sp³-hybridized carbons (Fsp3) is 0.579. The summed E-state index contributed by atoms with van der Waals surface area (Å²) in [6.45, 7) is 2.88. The molecule has 2 aliphatic rings. The van der Waals surface area contributed by atoms with Crippen LogP contribution in [0.25, 0.3) is 0 Å². The lowest BCUT2D eigenvalue weighted by atomic mass is 9.86. The summed E-state index contributed by atoms with van der Waals surface area (Å²) in [4.78, 5) is 25.7. The third kappa shape index (κ3) is 3.55. The Morgan fingerprint density at radius 1 is 1.12 bits per heavy atom. The molecule has 3 rings (SSSR count). The van der Waals surface area contributed by atoms with Crippen molar-refractivity contribution < 1.29 is 14.7 Å². The number of rotatable bonds is 3. The van der Waals surface area contributed by atoms with Gasteiger partial charge in [0.25, 0.3) is 0 Å². The van der Waals surface area contributed by atoms with Crippen molar-refractivity contribution in [2.45, 2.75) is 57.5 Å². The molecule has 1 atom stereocenters. The molecular formula is C19H26N2O3. The van der Waals surface area contributed by atoms with Crippen LogP contribution in [0.4, 0.5) is 4.79 Å². The second-order valence-corrected chi connectivity index (χ2v) is 7.04. The van der Waals surface area contributed by atoms with Gasteiger partial charge < -0.3 is 15.3 Å². The number of aryl methyl sites for hydroxylation is 1. The van der Waals surface area contributed by atoms with Gasteiger partial charge in [-0.05, 0) is 56.6 Å². The van der Waals surface area contributed by atoms with Crippen molar-refractivity contribution in [1.82, 2.24) is 10.2 Å². The highest BCUT2D eigenvalue weighted by atomic mass is 16.4. The predicted molar refractivity (Wildman–Crippen MR) is 91.8 cm³/mol. The lowest BCUT2D eigenvalue weighted by Crippen LogP contribution is -2.46. The Morgan fingerprint density at radius 3 is 2.50 bits per heavy atom. The van der Waals surface area contributed by atoms with Gasteiger partial charge in [0.2, 0.25) is 0 Å². The molecular weight excluding hydrogens is 304 g/mol. The Bertz CT molecular complexity index is 608. The van der Waals surface area contributed by atoms with Gasteiger partial charge in [-0.25, -0.2) is 4.79 Å². The van der Waals surface area contributed by atoms with Crippen molar-refractivity contribution in [1.29, 1.82) is 0 Å². The number of nitrogens with one attached hydrogen (secondary N) is 1. The average molecular weight is 330 g/mol. The van der Waals surface area contributed by atoms with Crippen LogP contribution >= 0.6 is 0 Å². The van der Waals surface area contributed by atoms with Crippen molar-refractivity contribution in [2.24, 2.45) is 5.92 Å². The molecule has 0 radical (unpaired) electrons. The van der Waals surface area contributed by atoms with Gasteiger partial charge in [-0.15, -0.1) is 0 Å². The molecule has 1 aromatic rings. The number of likely N-dealkylation sites (tertiary alicyclic amines) is 1. The number of carbonyl (C=O) groups excluding carboxylic acids is 1. The van der Waals surface area contributed by atoms with Crippen molar-refractivity contribution in [3.63, 3.8) is 0 Å². The zero-order valence-corrected chi connectivity index (χ0v) is 14.2. The average Bonchev–Trinajstić information content (AvgIpc) is 3.05. The fourth-order valence-electron chi connectivity index (χ4n) is 4.04. The molecule has 1 saturated heterocycles. The first-order valence-electron chi connectivity index (χ1n) is 8.91. The quantitative estimate of drug-likeness (QED) is 0.891. The normalized spacial score (nSPS) is 27.0. The highest BCUT2D eigenvalue weighted by molar-refractivity contribution is 5.75. The third-order valence-electron chi connectivity index (χ3n) is 5.47. The van der Waals surface area contributed by atoms with Gasteiger partial charge >= 0.3 is 12.0 Å². The van der Waals surface area contributed by atoms with E-state index in [0.29, 0.717) is 12.8 Å². The van der Waals surface area contributed by atoms with Crippen LogP contribution in [-0.2, 0) is 4.79 Å². The van der Waals surface area contributed by atoms with Gasteiger partial charge in [0.05, 0.1) is 12.0 Å². The van der Waals surface area contributed by atoms with Crippen molar-refractivity contribution in [2.75, 3.05) is 6.54 Å². The van der Waals surface area contributed by atoms with E-state index in [1.54, 1.807) is 0 Å². The molecule has 1 aliphatic carbocycles. The molecule has 5 nitrogen and oxygen atoms in total. The Balaban J connectivity index is 1.61. The van der Waals surface area contributed by atoms with E-state index in [9.17, 15) is 9.59 Å². The van der Waals surface area contributed by atoms with Gasteiger partial charge in [-0.1, -0.05) is 24.3 Å². The number of hydrogen-bond donors (Lipinski definition) is 2. The Kier molecular flexibility index (Phi) is 5.07. The number of nitrogens with zero attached hydrogens (tertiary/aromatic N) is 1. The molecule has 1 unspecified atom stereocenters. The van der Waals surface area contributed by atoms with Crippen LogP contribution in [0, 0.1) is 12.8 Å². The zero-order chi connectivity index (χ0) is 17.1. The van der Waals surface area contributed by atoms with Crippen LogP contribution in [0.1, 0.15) is 55.7 Å². The number of aliphatic carboxylic acids is 1. The topological polar surface area (TPSA) is 69.6 Å². The Labute approximate surface area is 143 Å². The minimum Gasteiger partial charge on any atom is -0.481 e. The number of carboxylic acids is 1. The molecule has 0 bridgehead atoms. The lowest BCUT2D eigenvalue weighted by Gasteiger charge is -2.31. The molecule has 130 valence electrons. The molecule has 1 heterocycles. The number of amides is 2. The third-order valence-corrected chi connectivity index (χ3v) is 5.47. The SMILES string of the molecule is Cc1ccccc1C1CCCN1C(=O)NC1CCC(C(=O)O)CC1. The summed E-state index contributed by atoms with van der Waals surface area (Å²) in [5.74, 6) is -0.955. The summed E-state index contributed by atoms with van der Waals surface area (Å²) in [6.07, 6.45) is 4.85. The number of hydrogen-bond acceptors (Lipinski definition) is 2. The van der Waals surface area contributed by atoms with Crippen molar-refractivity contribution in [3.05, 3.63) is 35.4 Å². The second-order valence-electron chi connectivity index (χ2n) is 7.04. The molecule has 0 spiro atoms. The van der Waals surface area contributed by atoms with Crippen LogP contribution in [0.2, 0.25) is 0 Å². The largest absolute Gasteiger partial charge is 0.481 e. The molecule has 1 aliphatic heterocycles. The molecule has 5 heteroatoms. The van der Waals surface area contributed by atoms with E-state index < -0.39 is 5.97 Å². The first-order chi connectivity index (χ1) is 11.6. The zero-order valence-electron chi connectivity index (χ0n) is 14.2. The summed E-state index contributed by atoms with van der Waals surface area (Å²) in [7, 11) is 0. The van der Waals surface area contributed by atoms with Gasteiger partial charge in [0.15, 0.2) is 0 Å². The van der Waals surface area contributed by atoms with E-state index in [4.69, 9.17) is 5.11 Å². The molecule has 2 amide bonds. The van der Waals surface area contributed by atoms with E-state index in [1.807, 2.05) is 17.0 Å². The minimum atomic E-state index is -0.709. The summed E-state index contributed by atoms with van der Waals surface area (Å²) >= 11 is 0. The van der Waals surface area contributed by atoms with Crippen LogP contribution in [0.15, 0.2) is 24.3 Å². The minimum absolute atomic E-state index is 0.000437. The Hall–Kier alpha value is -2.04. The number of urea groups is 1. The van der Waals surface area contributed by atoms with Gasteiger partial charge in [-0.3, -0.25) is 4.79 Å². The van der Waals surface area contributed by atoms with Crippen LogP contribution in [0.3, 0.4) is 0 Å². The fourth-order valence-corrected chi connectivity index (χ4v) is 4.04. The maximum Gasteiger partial charge on any atom is 0.318 e. The molecule has 1 aromatic carbocycles. The number of carboxylic acid groups (broad SMARTS) is 1. The van der Waals surface area contributed by atoms with Gasteiger partial charge in [-0.2, -0.15) is 0 Å². The molecule has 24 heavy (non-hydrogen) atoms. The maximum atomic E-state index is 12.7. The molecule has 2 fully saturated rings. The first kappa shape index (κ1) is 16.8. The van der Waals surface area contributed by atoms with E-state index >= 15 is 0 Å². The lowest BCUT2D eigenvalue weighted by molar-refractivity contribution is -0.142. The summed E-state index contributed by atoms with van der Waals surface area (Å²) in [6, 6.07) is 8.52. The summed E-state index contributed by atoms with van der Waals surface area (Å²) in [5, 5.41) is 12.2. The van der Waals surface area contributed by atoms with Crippen molar-refractivity contribution in [3.8, 4) is 0 Å². The van der Waals surface area contributed by atoms with E-state index in [2.05, 4.69) is 24.4 Å². The summed E-state index contributed by atoms with van der Waals surface area (Å²) in [5.41, 5.74) is 2.46. The molecule has 0 aromatic heterocycles. The van der Waals surface area contributed by atoms with E-state index in [1.165, 1.54) is 11.1 Å². The second kappa shape index (κ2) is 7.24. The van der Waals surface area contributed by atoms with Crippen molar-refractivity contribution >= 4 is 12.0 Å². The standard InChI is InChI=1S/C19H26N2O3/c1-13-5-2-3-6-16(13)17-7-4-12-21(17)19(24)20-15-10-8-14(9-11-15)18(22)23/h2-3,5-6,14-15,17H,4,7-12H2,1H3,(H,20,24)(H,22,23). The summed E-state index contributed by atoms with van der Waals surface area (Å²) < 4.78 is 0. The highest BCUT2D eigenvalue weighted by Crippen LogP contribution is 2.34. The Morgan fingerprint density at radius 2 is 1.83 bits per heavy atom. The van der Waals surface area contributed by atoms with E-state index in [0.717, 1.165) is 32.2 Å². The van der Waals surface area contributed by atoms with Crippen LogP contribution in [-0.4, -0.2) is 34.6 Å². The molecule has 1 saturated carbocycles. The predicted octanol–water partition coefficient (Wildman–Crippen LogP) is 3.48. The smallest absolute Gasteiger partial charge is 0.318 e.